The summed E-state index contributed by atoms with van der Waals surface area (Å²) in [7, 11) is 3.19. The number of imidazole rings is 1. The van der Waals surface area contributed by atoms with Gasteiger partial charge in [0.05, 0.1) is 25.3 Å². The van der Waals surface area contributed by atoms with E-state index in [1.165, 1.54) is 0 Å². The van der Waals surface area contributed by atoms with Gasteiger partial charge in [0.2, 0.25) is 0 Å². The fraction of sp³-hybridized carbons (Fsp3) is 0.130. The summed E-state index contributed by atoms with van der Waals surface area (Å²) in [4.78, 5) is 15.7. The first-order valence-corrected chi connectivity index (χ1v) is 9.10. The minimum Gasteiger partial charge on any atom is -0.497 e. The van der Waals surface area contributed by atoms with Gasteiger partial charge in [0.15, 0.2) is 17.3 Å². The molecule has 0 radical (unpaired) electrons. The molecule has 0 saturated heterocycles. The highest BCUT2D eigenvalue weighted by Gasteiger charge is 2.14. The van der Waals surface area contributed by atoms with Crippen LogP contribution in [0, 0.1) is 0 Å². The van der Waals surface area contributed by atoms with E-state index in [0.717, 1.165) is 34.6 Å². The Kier molecular flexibility index (Phi) is 5.16. The standard InChI is InChI=1S/C23H20N2O4/c1-27-18-10-8-17(9-11-18)25-20-6-4-3-5-19(20)24-23(25)15-29-21-12-7-16(14-26)13-22(21)28-2/h3-14H,15H2,1-2H3. The minimum absolute atomic E-state index is 0.234. The Balaban J connectivity index is 1.71. The topological polar surface area (TPSA) is 62.6 Å². The van der Waals surface area contributed by atoms with Crippen molar-refractivity contribution >= 4 is 17.3 Å². The van der Waals surface area contributed by atoms with Gasteiger partial charge in [-0.3, -0.25) is 9.36 Å². The van der Waals surface area contributed by atoms with E-state index in [9.17, 15) is 4.79 Å². The van der Waals surface area contributed by atoms with E-state index >= 15 is 0 Å². The van der Waals surface area contributed by atoms with Crippen molar-refractivity contribution in [3.05, 3.63) is 78.1 Å². The number of fused-ring (bicyclic) bond motifs is 1. The van der Waals surface area contributed by atoms with Gasteiger partial charge in [0.25, 0.3) is 0 Å². The summed E-state index contributed by atoms with van der Waals surface area (Å²) >= 11 is 0. The van der Waals surface area contributed by atoms with Gasteiger partial charge in [-0.1, -0.05) is 12.1 Å². The van der Waals surface area contributed by atoms with Gasteiger partial charge in [0, 0.05) is 11.3 Å². The monoisotopic (exact) mass is 388 g/mol. The predicted octanol–water partition coefficient (Wildman–Crippen LogP) is 4.43. The Hall–Kier alpha value is -3.80. The molecule has 0 amide bonds. The van der Waals surface area contributed by atoms with E-state index in [4.69, 9.17) is 19.2 Å². The Morgan fingerprint density at radius 3 is 2.45 bits per heavy atom. The van der Waals surface area contributed by atoms with Gasteiger partial charge in [-0.25, -0.2) is 4.98 Å². The Morgan fingerprint density at radius 1 is 0.931 bits per heavy atom. The molecule has 1 aromatic heterocycles. The second-order valence-corrected chi connectivity index (χ2v) is 6.37. The largest absolute Gasteiger partial charge is 0.497 e. The minimum atomic E-state index is 0.234. The molecule has 6 nitrogen and oxygen atoms in total. The maximum Gasteiger partial charge on any atom is 0.161 e. The number of benzene rings is 3. The van der Waals surface area contributed by atoms with E-state index < -0.39 is 0 Å². The van der Waals surface area contributed by atoms with Crippen molar-refractivity contribution in [3.8, 4) is 22.9 Å². The first kappa shape index (κ1) is 18.6. The first-order chi connectivity index (χ1) is 14.2. The number of hydrogen-bond donors (Lipinski definition) is 0. The fourth-order valence-electron chi connectivity index (χ4n) is 3.21. The van der Waals surface area contributed by atoms with Crippen molar-refractivity contribution in [1.29, 1.82) is 0 Å². The van der Waals surface area contributed by atoms with Crippen molar-refractivity contribution in [2.24, 2.45) is 0 Å². The zero-order valence-electron chi connectivity index (χ0n) is 16.2. The van der Waals surface area contributed by atoms with Gasteiger partial charge in [0.1, 0.15) is 18.6 Å². The lowest BCUT2D eigenvalue weighted by Crippen LogP contribution is -2.06. The number of methoxy groups -OCH3 is 2. The van der Waals surface area contributed by atoms with E-state index in [1.54, 1.807) is 32.4 Å². The number of ether oxygens (including phenoxy) is 3. The van der Waals surface area contributed by atoms with Gasteiger partial charge in [-0.2, -0.15) is 0 Å². The SMILES string of the molecule is COc1ccc(-n2c(COc3ccc(C=O)cc3OC)nc3ccccc32)cc1. The van der Waals surface area contributed by atoms with Crippen molar-refractivity contribution < 1.29 is 19.0 Å². The molecule has 1 heterocycles. The van der Waals surface area contributed by atoms with Crippen LogP contribution in [0.15, 0.2) is 66.7 Å². The highest BCUT2D eigenvalue weighted by atomic mass is 16.5. The third kappa shape index (κ3) is 3.65. The van der Waals surface area contributed by atoms with Crippen molar-refractivity contribution in [2.45, 2.75) is 6.61 Å². The third-order valence-electron chi connectivity index (χ3n) is 4.64. The van der Waals surface area contributed by atoms with Gasteiger partial charge < -0.3 is 14.2 Å². The summed E-state index contributed by atoms with van der Waals surface area (Å²) in [5.41, 5.74) is 3.35. The molecule has 29 heavy (non-hydrogen) atoms. The number of carbonyl (C=O) groups excluding carboxylic acids is 1. The fourth-order valence-corrected chi connectivity index (χ4v) is 3.21. The number of para-hydroxylation sites is 2. The number of aromatic nitrogens is 2. The Morgan fingerprint density at radius 2 is 1.72 bits per heavy atom. The second-order valence-electron chi connectivity index (χ2n) is 6.37. The van der Waals surface area contributed by atoms with Crippen LogP contribution in [-0.4, -0.2) is 30.1 Å². The predicted molar refractivity (Wildman–Crippen MR) is 110 cm³/mol. The van der Waals surface area contributed by atoms with Gasteiger partial charge in [-0.15, -0.1) is 0 Å². The van der Waals surface area contributed by atoms with Crippen LogP contribution < -0.4 is 14.2 Å². The van der Waals surface area contributed by atoms with E-state index in [0.29, 0.717) is 17.1 Å². The number of hydrogen-bond acceptors (Lipinski definition) is 5. The zero-order valence-corrected chi connectivity index (χ0v) is 16.2. The highest BCUT2D eigenvalue weighted by molar-refractivity contribution is 5.78. The molecule has 0 atom stereocenters. The van der Waals surface area contributed by atoms with Crippen molar-refractivity contribution in [1.82, 2.24) is 9.55 Å². The lowest BCUT2D eigenvalue weighted by molar-refractivity contribution is 0.112. The summed E-state index contributed by atoms with van der Waals surface area (Å²) in [5, 5.41) is 0. The van der Waals surface area contributed by atoms with Crippen LogP contribution in [-0.2, 0) is 6.61 Å². The van der Waals surface area contributed by atoms with Crippen molar-refractivity contribution in [3.63, 3.8) is 0 Å². The van der Waals surface area contributed by atoms with Crippen LogP contribution in [0.25, 0.3) is 16.7 Å². The van der Waals surface area contributed by atoms with Crippen LogP contribution in [0.3, 0.4) is 0 Å². The number of rotatable bonds is 7. The molecular weight excluding hydrogens is 368 g/mol. The van der Waals surface area contributed by atoms with Crippen LogP contribution in [0.2, 0.25) is 0 Å². The van der Waals surface area contributed by atoms with Gasteiger partial charge in [-0.05, 0) is 54.6 Å². The molecule has 0 N–H and O–H groups in total. The lowest BCUT2D eigenvalue weighted by atomic mass is 10.2. The molecule has 4 aromatic rings. The van der Waals surface area contributed by atoms with Gasteiger partial charge >= 0.3 is 0 Å². The molecule has 0 spiro atoms. The molecule has 6 heteroatoms. The van der Waals surface area contributed by atoms with Crippen molar-refractivity contribution in [2.75, 3.05) is 14.2 Å². The molecule has 0 unspecified atom stereocenters. The number of aldehydes is 1. The average Bonchev–Trinajstić information content (AvgIpc) is 3.16. The Bertz CT molecular complexity index is 1150. The molecule has 4 rings (SSSR count). The summed E-state index contributed by atoms with van der Waals surface area (Å²) in [6.45, 7) is 0.234. The highest BCUT2D eigenvalue weighted by Crippen LogP contribution is 2.29. The molecule has 3 aromatic carbocycles. The zero-order chi connectivity index (χ0) is 20.2. The van der Waals surface area contributed by atoms with Crippen LogP contribution in [0.4, 0.5) is 0 Å². The summed E-state index contributed by atoms with van der Waals surface area (Å²) < 4.78 is 18.7. The molecule has 0 saturated carbocycles. The molecule has 0 bridgehead atoms. The number of nitrogens with zero attached hydrogens (tertiary/aromatic N) is 2. The van der Waals surface area contributed by atoms with Crippen LogP contribution in [0.5, 0.6) is 17.2 Å². The molecule has 0 fully saturated rings. The van der Waals surface area contributed by atoms with Crippen LogP contribution >= 0.6 is 0 Å². The maximum absolute atomic E-state index is 11.0. The Labute approximate surface area is 168 Å². The molecule has 0 aliphatic heterocycles. The summed E-state index contributed by atoms with van der Waals surface area (Å²) in [6, 6.07) is 20.8. The molecule has 146 valence electrons. The van der Waals surface area contributed by atoms with E-state index in [2.05, 4.69) is 4.57 Å². The summed E-state index contributed by atoms with van der Waals surface area (Å²) in [5.74, 6) is 2.59. The number of carbonyl (C=O) groups is 1. The van der Waals surface area contributed by atoms with E-state index in [1.807, 2.05) is 48.5 Å². The third-order valence-corrected chi connectivity index (χ3v) is 4.64. The smallest absolute Gasteiger partial charge is 0.161 e. The molecule has 0 aliphatic carbocycles. The average molecular weight is 388 g/mol. The second kappa shape index (κ2) is 8.06. The normalized spacial score (nSPS) is 10.7. The first-order valence-electron chi connectivity index (χ1n) is 9.10. The summed E-state index contributed by atoms with van der Waals surface area (Å²) in [6.07, 6.45) is 0.773. The van der Waals surface area contributed by atoms with Crippen LogP contribution in [0.1, 0.15) is 16.2 Å². The maximum atomic E-state index is 11.0. The van der Waals surface area contributed by atoms with E-state index in [-0.39, 0.29) is 6.61 Å². The lowest BCUT2D eigenvalue weighted by Gasteiger charge is -2.13. The molecule has 0 aliphatic rings. The molecular formula is C23H20N2O4. The quantitative estimate of drug-likeness (QED) is 0.438.